The molecule has 8 heterocycles. The summed E-state index contributed by atoms with van der Waals surface area (Å²) in [6, 6.07) is 13.0. The van der Waals surface area contributed by atoms with Crippen LogP contribution >= 0.6 is 21.6 Å². The third kappa shape index (κ3) is 7.91. The number of aliphatic hydroxyl groups excluding tert-OH is 1. The Morgan fingerprint density at radius 2 is 1.78 bits per heavy atom. The standard InChI is InChI=1S/C67H84N4O6S2/c1-42(72)76-63-31-19-45-34-47(58(75)59-57(45)46-20-33-66(77-59)27-8-13-48(66)35-46)39-71-41-65(38-56(71)74)51(44-11-3-2-4-12-44)22-30-62(65)23-7-10-43-18-29-61(36-43)24-9-28-67(61,70-60(68)69-40-62)79-78-55-17-16-52-49(50(21-32-63)54(73)37-63)14-15-53(55)64(52)25-5-6-26-64/h2-4,11-12,16-17,20,33-34,43,46,48-55,73,75H,5-6,8-10,13-15,18-19,21-22,24-32,35-41H2,1H3,(H3,68,69,70). The van der Waals surface area contributed by atoms with Crippen molar-refractivity contribution >= 4 is 39.4 Å². The minimum atomic E-state index is -0.831. The predicted molar refractivity (Wildman–Crippen MR) is 312 cm³/mol. The van der Waals surface area contributed by atoms with Crippen molar-refractivity contribution in [1.82, 2.24) is 10.2 Å². The van der Waals surface area contributed by atoms with E-state index in [2.05, 4.69) is 99.4 Å². The number of aromatic hydroxyl groups is 1. The van der Waals surface area contributed by atoms with Gasteiger partial charge in [-0.15, -0.1) is 5.92 Å². The van der Waals surface area contributed by atoms with Crippen LogP contribution in [0.4, 0.5) is 0 Å². The van der Waals surface area contributed by atoms with Crippen molar-refractivity contribution in [3.8, 4) is 23.3 Å². The van der Waals surface area contributed by atoms with Crippen LogP contribution in [0.5, 0.6) is 11.5 Å². The number of nitrogens with two attached hydrogens (primary N) is 1. The van der Waals surface area contributed by atoms with Crippen LogP contribution in [0.2, 0.25) is 0 Å². The van der Waals surface area contributed by atoms with Gasteiger partial charge in [0.25, 0.3) is 0 Å². The average Bonchev–Trinajstić information content (AvgIpc) is 3.99. The summed E-state index contributed by atoms with van der Waals surface area (Å²) in [5, 5.41) is 30.1. The highest BCUT2D eigenvalue weighted by atomic mass is 33.1. The summed E-state index contributed by atoms with van der Waals surface area (Å²) in [6.07, 6.45) is 33.7. The molecule has 17 aliphatic rings. The molecule has 16 unspecified atom stereocenters. The lowest BCUT2D eigenvalue weighted by molar-refractivity contribution is -0.172. The lowest BCUT2D eigenvalue weighted by Gasteiger charge is -2.58. The van der Waals surface area contributed by atoms with E-state index in [4.69, 9.17) is 20.2 Å². The first-order valence-electron chi connectivity index (χ1n) is 31.4. The molecule has 2 aromatic carbocycles. The number of allylic oxidation sites excluding steroid dienone is 2. The highest BCUT2D eigenvalue weighted by Gasteiger charge is 2.66. The monoisotopic (exact) mass is 1100 g/mol. The van der Waals surface area contributed by atoms with Gasteiger partial charge >= 0.3 is 5.97 Å². The summed E-state index contributed by atoms with van der Waals surface area (Å²) >= 11 is 0. The van der Waals surface area contributed by atoms with Gasteiger partial charge in [0, 0.05) is 78.3 Å². The fourth-order valence-corrected chi connectivity index (χ4v) is 25.5. The number of carbonyl (C=O) groups is 2. The minimum Gasteiger partial charge on any atom is -0.504 e. The quantitative estimate of drug-likeness (QED) is 0.0992. The summed E-state index contributed by atoms with van der Waals surface area (Å²) in [5.74, 6) is 11.5. The lowest BCUT2D eigenvalue weighted by Crippen LogP contribution is -2.56. The number of ether oxygens (including phenoxy) is 2. The average molecular weight is 1110 g/mol. The van der Waals surface area contributed by atoms with Crippen LogP contribution in [0.3, 0.4) is 0 Å². The van der Waals surface area contributed by atoms with E-state index in [0.29, 0.717) is 97.3 Å². The van der Waals surface area contributed by atoms with Gasteiger partial charge in [0.05, 0.1) is 18.1 Å². The Labute approximate surface area is 476 Å². The van der Waals surface area contributed by atoms with Gasteiger partial charge < -0.3 is 35.6 Å². The molecule has 10 nitrogen and oxygen atoms in total. The molecule has 6 spiro atoms. The fourth-order valence-electron chi connectivity index (χ4n) is 21.4. The highest BCUT2D eigenvalue weighted by molar-refractivity contribution is 8.77. The van der Waals surface area contributed by atoms with Crippen LogP contribution in [0.25, 0.3) is 0 Å². The Morgan fingerprint density at radius 3 is 2.63 bits per heavy atom. The number of nitrogens with one attached hydrogen (secondary N) is 1. The van der Waals surface area contributed by atoms with Crippen molar-refractivity contribution in [2.24, 2.45) is 67.9 Å². The molecule has 0 aromatic heterocycles. The number of guanidine groups is 1. The summed E-state index contributed by atoms with van der Waals surface area (Å²) < 4.78 is 13.8. The molecule has 9 aliphatic carbocycles. The second kappa shape index (κ2) is 19.0. The number of carbonyl (C=O) groups excluding carboxylic acids is 2. The Kier molecular flexibility index (Phi) is 12.5. The molecule has 2 aromatic rings. The molecule has 7 saturated carbocycles. The van der Waals surface area contributed by atoms with Gasteiger partial charge in [-0.3, -0.25) is 14.6 Å². The van der Waals surface area contributed by atoms with E-state index in [1.165, 1.54) is 70.3 Å². The van der Waals surface area contributed by atoms with Crippen molar-refractivity contribution in [3.05, 3.63) is 83.0 Å². The molecule has 0 radical (unpaired) electrons. The Bertz CT molecular complexity index is 2970. The van der Waals surface area contributed by atoms with Crippen LogP contribution in [0.15, 0.2) is 65.7 Å². The van der Waals surface area contributed by atoms with Gasteiger partial charge in [-0.25, -0.2) is 0 Å². The maximum Gasteiger partial charge on any atom is 0.303 e. The topological polar surface area (TPSA) is 147 Å². The second-order valence-corrected chi connectivity index (χ2v) is 31.0. The van der Waals surface area contributed by atoms with Gasteiger partial charge in [-0.1, -0.05) is 88.9 Å². The van der Waals surface area contributed by atoms with Crippen LogP contribution < -0.4 is 15.8 Å². The molecule has 5 N–H and O–H groups in total. The summed E-state index contributed by atoms with van der Waals surface area (Å²) in [6.45, 7) is 2.68. The summed E-state index contributed by atoms with van der Waals surface area (Å²) in [5.41, 5.74) is 9.30. The van der Waals surface area contributed by atoms with Crippen LogP contribution in [-0.4, -0.2) is 73.5 Å². The smallest absolute Gasteiger partial charge is 0.303 e. The van der Waals surface area contributed by atoms with E-state index >= 15 is 4.79 Å². The zero-order chi connectivity index (χ0) is 53.6. The van der Waals surface area contributed by atoms with E-state index in [-0.39, 0.29) is 57.6 Å². The fraction of sp³-hybridized carbons (Fsp3) is 0.687. The van der Waals surface area contributed by atoms with Crippen LogP contribution in [0, 0.1) is 69.0 Å². The van der Waals surface area contributed by atoms with Gasteiger partial charge in [0.15, 0.2) is 17.5 Å². The number of aliphatic imine (C=N–C) groups is 1. The number of benzene rings is 2. The zero-order valence-corrected chi connectivity index (χ0v) is 48.3. The summed E-state index contributed by atoms with van der Waals surface area (Å²) in [4.78, 5) is 35.9. The largest absolute Gasteiger partial charge is 0.504 e. The zero-order valence-electron chi connectivity index (χ0n) is 46.7. The molecule has 420 valence electrons. The number of phenolic OH excluding ortho intramolecular Hbond substituents is 1. The van der Waals surface area contributed by atoms with Crippen molar-refractivity contribution in [3.63, 3.8) is 0 Å². The third-order valence-corrected chi connectivity index (χ3v) is 28.6. The van der Waals surface area contributed by atoms with E-state index in [0.717, 1.165) is 81.8 Å². The molecule has 12 heteroatoms. The van der Waals surface area contributed by atoms with Gasteiger partial charge in [0.1, 0.15) is 16.1 Å². The molecule has 1 amide bonds. The molecular weight excluding hydrogens is 1020 g/mol. The number of aryl methyl sites for hydroxylation is 1. The minimum absolute atomic E-state index is 0.0669. The number of nitrogens with zero attached hydrogens (tertiary/aromatic N) is 2. The summed E-state index contributed by atoms with van der Waals surface area (Å²) in [7, 11) is 4.24. The first kappa shape index (κ1) is 51.8. The molecule has 79 heavy (non-hydrogen) atoms. The second-order valence-electron chi connectivity index (χ2n) is 28.3. The normalized spacial score (nSPS) is 44.1. The lowest BCUT2D eigenvalue weighted by atomic mass is 9.49. The number of fused-ring (bicyclic) bond motifs is 3. The third-order valence-electron chi connectivity index (χ3n) is 24.9. The molecule has 8 fully saturated rings. The van der Waals surface area contributed by atoms with Gasteiger partial charge in [-0.2, -0.15) is 0 Å². The number of hydrogen-bond donors (Lipinski definition) is 4. The van der Waals surface area contributed by atoms with Gasteiger partial charge in [-0.05, 0) is 193 Å². The Balaban J connectivity index is 0.874. The first-order valence-corrected chi connectivity index (χ1v) is 33.6. The highest BCUT2D eigenvalue weighted by Crippen LogP contribution is 2.70. The molecule has 19 rings (SSSR count). The van der Waals surface area contributed by atoms with Crippen LogP contribution in [0.1, 0.15) is 195 Å². The van der Waals surface area contributed by atoms with Gasteiger partial charge in [0.2, 0.25) is 5.91 Å². The van der Waals surface area contributed by atoms with E-state index in [1.54, 1.807) is 0 Å². The molecule has 8 aliphatic heterocycles. The van der Waals surface area contributed by atoms with E-state index in [9.17, 15) is 15.0 Å². The van der Waals surface area contributed by atoms with Crippen molar-refractivity contribution in [2.45, 2.75) is 213 Å². The Hall–Kier alpha value is -4.05. The van der Waals surface area contributed by atoms with Crippen molar-refractivity contribution in [1.29, 1.82) is 0 Å². The number of rotatable bonds is 2. The number of amides is 1. The first-order chi connectivity index (χ1) is 38.3. The maximum absolute atomic E-state index is 15.3. The number of aliphatic hydroxyl groups is 1. The SMILES string of the molecule is CC(=O)OC12CCc3cc(c(O)c4c3C3C=CC5(CCCC5C3)O4)CN3CC4(CC3=O)C(c3ccccc3)CCC43C#CCC4CCC5(CCCC5(NC(N)=NC3)SSC3C=CC5C(CCC3C53CCCC3)C(CC1)C(O)C2)C4. The van der Waals surface area contributed by atoms with Crippen molar-refractivity contribution in [2.75, 3.05) is 13.1 Å². The molecular formula is C67H84N4O6S2. The predicted octanol–water partition coefficient (Wildman–Crippen LogP) is 12.6. The van der Waals surface area contributed by atoms with E-state index < -0.39 is 28.1 Å². The maximum atomic E-state index is 15.3. The van der Waals surface area contributed by atoms with E-state index in [1.807, 2.05) is 4.90 Å². The van der Waals surface area contributed by atoms with Crippen LogP contribution in [-0.2, 0) is 27.3 Å². The molecule has 16 bridgehead atoms. The number of esters is 1. The number of phenols is 1. The Morgan fingerprint density at radius 1 is 0.911 bits per heavy atom. The molecule has 1 saturated heterocycles. The van der Waals surface area contributed by atoms with Crippen molar-refractivity contribution < 1.29 is 29.3 Å². The molecule has 16 atom stereocenters. The number of hydrogen-bond acceptors (Lipinski definition) is 11.